The van der Waals surface area contributed by atoms with E-state index in [2.05, 4.69) is 31.2 Å². The number of nitrogens with one attached hydrogen (secondary N) is 1. The monoisotopic (exact) mass is 323 g/mol. The molecule has 0 atom stereocenters. The van der Waals surface area contributed by atoms with Crippen LogP contribution in [-0.2, 0) is 13.0 Å². The van der Waals surface area contributed by atoms with Crippen molar-refractivity contribution in [1.29, 1.82) is 0 Å². The Hall–Kier alpha value is -1.33. The molecule has 2 aromatic rings. The van der Waals surface area contributed by atoms with Crippen LogP contribution in [0.4, 0.5) is 4.39 Å². The SMILES string of the molecule is Cc1cncc(CCNCc2cc(F)ccc2Br)n1. The van der Waals surface area contributed by atoms with Gasteiger partial charge in [0.15, 0.2) is 0 Å². The second-order valence-electron chi connectivity index (χ2n) is 4.31. The number of nitrogens with zero attached hydrogens (tertiary/aromatic N) is 2. The van der Waals surface area contributed by atoms with Gasteiger partial charge in [0.2, 0.25) is 0 Å². The van der Waals surface area contributed by atoms with Crippen LogP contribution in [0.5, 0.6) is 0 Å². The first-order chi connectivity index (χ1) is 9.15. The summed E-state index contributed by atoms with van der Waals surface area (Å²) in [5.41, 5.74) is 2.80. The van der Waals surface area contributed by atoms with Gasteiger partial charge in [0.05, 0.1) is 11.4 Å². The minimum Gasteiger partial charge on any atom is -0.312 e. The van der Waals surface area contributed by atoms with Crippen molar-refractivity contribution in [2.45, 2.75) is 19.9 Å². The van der Waals surface area contributed by atoms with Crippen molar-refractivity contribution in [1.82, 2.24) is 15.3 Å². The van der Waals surface area contributed by atoms with Gasteiger partial charge in [0, 0.05) is 36.4 Å². The summed E-state index contributed by atoms with van der Waals surface area (Å²) in [7, 11) is 0. The summed E-state index contributed by atoms with van der Waals surface area (Å²) < 4.78 is 14.0. The van der Waals surface area contributed by atoms with Gasteiger partial charge in [-0.1, -0.05) is 15.9 Å². The second-order valence-corrected chi connectivity index (χ2v) is 5.17. The van der Waals surface area contributed by atoms with Crippen molar-refractivity contribution < 1.29 is 4.39 Å². The van der Waals surface area contributed by atoms with Crippen LogP contribution in [0.2, 0.25) is 0 Å². The molecule has 1 aromatic carbocycles. The molecule has 5 heteroatoms. The van der Waals surface area contributed by atoms with Crippen LogP contribution in [0.25, 0.3) is 0 Å². The molecular formula is C14H15BrFN3. The van der Waals surface area contributed by atoms with Crippen LogP contribution in [0, 0.1) is 12.7 Å². The Bertz CT molecular complexity index is 560. The molecule has 100 valence electrons. The summed E-state index contributed by atoms with van der Waals surface area (Å²) in [5, 5.41) is 3.27. The van der Waals surface area contributed by atoms with Crippen LogP contribution in [-0.4, -0.2) is 16.5 Å². The van der Waals surface area contributed by atoms with Crippen LogP contribution in [0.15, 0.2) is 35.1 Å². The van der Waals surface area contributed by atoms with E-state index < -0.39 is 0 Å². The third-order valence-electron chi connectivity index (χ3n) is 2.69. The molecule has 0 spiro atoms. The van der Waals surface area contributed by atoms with E-state index in [4.69, 9.17) is 0 Å². The van der Waals surface area contributed by atoms with Gasteiger partial charge >= 0.3 is 0 Å². The zero-order valence-electron chi connectivity index (χ0n) is 10.7. The summed E-state index contributed by atoms with van der Waals surface area (Å²) in [6.07, 6.45) is 4.31. The fraction of sp³-hybridized carbons (Fsp3) is 0.286. The predicted octanol–water partition coefficient (Wildman–Crippen LogP) is 3.02. The van der Waals surface area contributed by atoms with Crippen LogP contribution >= 0.6 is 15.9 Å². The minimum atomic E-state index is -0.218. The largest absolute Gasteiger partial charge is 0.312 e. The fourth-order valence-corrected chi connectivity index (χ4v) is 2.14. The molecule has 2 rings (SSSR count). The fourth-order valence-electron chi connectivity index (χ4n) is 1.75. The highest BCUT2D eigenvalue weighted by Gasteiger charge is 2.02. The number of hydrogen-bond donors (Lipinski definition) is 1. The Kier molecular flexibility index (Phi) is 4.99. The molecule has 0 bridgehead atoms. The first-order valence-corrected chi connectivity index (χ1v) is 6.86. The van der Waals surface area contributed by atoms with Crippen LogP contribution in [0.1, 0.15) is 17.0 Å². The molecule has 1 aromatic heterocycles. The highest BCUT2D eigenvalue weighted by Crippen LogP contribution is 2.17. The normalized spacial score (nSPS) is 10.7. The van der Waals surface area contributed by atoms with E-state index in [0.717, 1.165) is 34.4 Å². The molecule has 1 heterocycles. The van der Waals surface area contributed by atoms with E-state index >= 15 is 0 Å². The summed E-state index contributed by atoms with van der Waals surface area (Å²) in [5.74, 6) is -0.218. The van der Waals surface area contributed by atoms with Crippen LogP contribution < -0.4 is 5.32 Å². The Labute approximate surface area is 120 Å². The maximum Gasteiger partial charge on any atom is 0.123 e. The number of aromatic nitrogens is 2. The molecule has 0 aliphatic carbocycles. The second kappa shape index (κ2) is 6.73. The van der Waals surface area contributed by atoms with Gasteiger partial charge in [-0.2, -0.15) is 0 Å². The molecule has 19 heavy (non-hydrogen) atoms. The van der Waals surface area contributed by atoms with Gasteiger partial charge in [-0.15, -0.1) is 0 Å². The predicted molar refractivity (Wildman–Crippen MR) is 76.3 cm³/mol. The Morgan fingerprint density at radius 1 is 1.32 bits per heavy atom. The first-order valence-electron chi connectivity index (χ1n) is 6.07. The zero-order chi connectivity index (χ0) is 13.7. The molecule has 0 unspecified atom stereocenters. The Morgan fingerprint density at radius 2 is 2.16 bits per heavy atom. The molecule has 0 saturated carbocycles. The number of halogens is 2. The molecule has 0 radical (unpaired) electrons. The standard InChI is InChI=1S/C14H15BrFN3/c1-10-7-18-9-13(19-10)4-5-17-8-11-6-12(16)2-3-14(11)15/h2-3,6-7,9,17H,4-5,8H2,1H3. The van der Waals surface area contributed by atoms with Crippen molar-refractivity contribution in [3.05, 3.63) is 57.8 Å². The van der Waals surface area contributed by atoms with Crippen molar-refractivity contribution in [3.8, 4) is 0 Å². The lowest BCUT2D eigenvalue weighted by molar-refractivity contribution is 0.618. The average molecular weight is 324 g/mol. The van der Waals surface area contributed by atoms with E-state index in [1.165, 1.54) is 12.1 Å². The maximum absolute atomic E-state index is 13.1. The quantitative estimate of drug-likeness (QED) is 0.859. The summed E-state index contributed by atoms with van der Waals surface area (Å²) in [6, 6.07) is 4.69. The highest BCUT2D eigenvalue weighted by molar-refractivity contribution is 9.10. The van der Waals surface area contributed by atoms with Crippen molar-refractivity contribution in [3.63, 3.8) is 0 Å². The van der Waals surface area contributed by atoms with Crippen molar-refractivity contribution >= 4 is 15.9 Å². The van der Waals surface area contributed by atoms with Crippen LogP contribution in [0.3, 0.4) is 0 Å². The summed E-state index contributed by atoms with van der Waals surface area (Å²) in [6.45, 7) is 3.33. The lowest BCUT2D eigenvalue weighted by Gasteiger charge is -2.07. The molecule has 0 amide bonds. The molecule has 1 N–H and O–H groups in total. The lowest BCUT2D eigenvalue weighted by Crippen LogP contribution is -2.17. The van der Waals surface area contributed by atoms with E-state index in [9.17, 15) is 4.39 Å². The number of aryl methyl sites for hydroxylation is 1. The van der Waals surface area contributed by atoms with Crippen molar-refractivity contribution in [2.24, 2.45) is 0 Å². The third-order valence-corrected chi connectivity index (χ3v) is 3.46. The number of rotatable bonds is 5. The molecule has 3 nitrogen and oxygen atoms in total. The van der Waals surface area contributed by atoms with Crippen molar-refractivity contribution in [2.75, 3.05) is 6.54 Å². The Morgan fingerprint density at radius 3 is 2.95 bits per heavy atom. The lowest BCUT2D eigenvalue weighted by atomic mass is 10.2. The van der Waals surface area contributed by atoms with Gasteiger partial charge in [-0.3, -0.25) is 9.97 Å². The van der Waals surface area contributed by atoms with Gasteiger partial charge < -0.3 is 5.32 Å². The minimum absolute atomic E-state index is 0.218. The maximum atomic E-state index is 13.1. The van der Waals surface area contributed by atoms with E-state index in [0.29, 0.717) is 6.54 Å². The summed E-state index contributed by atoms with van der Waals surface area (Å²) in [4.78, 5) is 8.48. The van der Waals surface area contributed by atoms with E-state index in [-0.39, 0.29) is 5.82 Å². The topological polar surface area (TPSA) is 37.8 Å². The number of benzene rings is 1. The zero-order valence-corrected chi connectivity index (χ0v) is 12.2. The molecule has 0 fully saturated rings. The van der Waals surface area contributed by atoms with E-state index in [1.54, 1.807) is 18.5 Å². The van der Waals surface area contributed by atoms with Gasteiger partial charge in [0.1, 0.15) is 5.82 Å². The smallest absolute Gasteiger partial charge is 0.123 e. The summed E-state index contributed by atoms with van der Waals surface area (Å²) >= 11 is 3.41. The molecule has 0 aliphatic heterocycles. The molecule has 0 saturated heterocycles. The number of hydrogen-bond acceptors (Lipinski definition) is 3. The highest BCUT2D eigenvalue weighted by atomic mass is 79.9. The Balaban J connectivity index is 1.82. The third kappa shape index (κ3) is 4.36. The first kappa shape index (κ1) is 14.1. The molecule has 0 aliphatic rings. The van der Waals surface area contributed by atoms with Gasteiger partial charge in [-0.05, 0) is 30.7 Å². The molecular weight excluding hydrogens is 309 g/mol. The van der Waals surface area contributed by atoms with Gasteiger partial charge in [0.25, 0.3) is 0 Å². The average Bonchev–Trinajstić information content (AvgIpc) is 2.39. The van der Waals surface area contributed by atoms with Gasteiger partial charge in [-0.25, -0.2) is 4.39 Å². The van der Waals surface area contributed by atoms with E-state index in [1.807, 2.05) is 6.92 Å².